The van der Waals surface area contributed by atoms with Gasteiger partial charge in [0.1, 0.15) is 5.04 Å². The van der Waals surface area contributed by atoms with Crippen molar-refractivity contribution in [2.75, 3.05) is 0 Å². The van der Waals surface area contributed by atoms with Crippen molar-refractivity contribution in [3.05, 3.63) is 80.7 Å². The van der Waals surface area contributed by atoms with E-state index in [-0.39, 0.29) is 11.6 Å². The van der Waals surface area contributed by atoms with Crippen LogP contribution in [-0.4, -0.2) is 15.9 Å². The molecule has 0 spiro atoms. The van der Waals surface area contributed by atoms with E-state index in [4.69, 9.17) is 0 Å². The third-order valence-electron chi connectivity index (χ3n) is 3.04. The van der Waals surface area contributed by atoms with Gasteiger partial charge in [-0.3, -0.25) is 14.9 Å². The number of aliphatic imine (C=N–C) groups is 1. The Bertz CT molecular complexity index is 796. The van der Waals surface area contributed by atoms with E-state index in [0.29, 0.717) is 9.95 Å². The smallest absolute Gasteiger partial charge is 0.266 e. The molecule has 5 nitrogen and oxygen atoms in total. The second kappa shape index (κ2) is 5.95. The molecular weight excluding hydrogens is 300 g/mol. The van der Waals surface area contributed by atoms with Gasteiger partial charge in [0.25, 0.3) is 11.6 Å². The van der Waals surface area contributed by atoms with Crippen LogP contribution in [0.2, 0.25) is 0 Å². The first-order chi connectivity index (χ1) is 10.6. The predicted molar refractivity (Wildman–Crippen MR) is 86.7 cm³/mol. The fraction of sp³-hybridized carbons (Fsp3) is 0. The Morgan fingerprint density at radius 1 is 1.05 bits per heavy atom. The summed E-state index contributed by atoms with van der Waals surface area (Å²) >= 11 is 1.30. The SMILES string of the molecule is O=C1N=C(c2ccccc2)S/C1=C\c1ccc([N+](=O)[O-])cc1. The molecular formula is C16H10N2O3S. The zero-order valence-electron chi connectivity index (χ0n) is 11.3. The van der Waals surface area contributed by atoms with Gasteiger partial charge in [-0.25, -0.2) is 4.99 Å². The Labute approximate surface area is 130 Å². The second-order valence-electron chi connectivity index (χ2n) is 4.55. The van der Waals surface area contributed by atoms with Crippen molar-refractivity contribution in [1.82, 2.24) is 0 Å². The van der Waals surface area contributed by atoms with Crippen LogP contribution in [0, 0.1) is 10.1 Å². The largest absolute Gasteiger partial charge is 0.284 e. The van der Waals surface area contributed by atoms with E-state index in [0.717, 1.165) is 11.1 Å². The molecule has 1 amide bonds. The number of benzene rings is 2. The standard InChI is InChI=1S/C16H10N2O3S/c19-15-14(10-11-6-8-13(9-7-11)18(20)21)22-16(17-15)12-4-2-1-3-5-12/h1-10H/b14-10-. The zero-order chi connectivity index (χ0) is 15.5. The van der Waals surface area contributed by atoms with E-state index < -0.39 is 4.92 Å². The third-order valence-corrected chi connectivity index (χ3v) is 4.08. The van der Waals surface area contributed by atoms with Gasteiger partial charge in [-0.15, -0.1) is 0 Å². The Hall–Kier alpha value is -2.73. The molecule has 0 N–H and O–H groups in total. The van der Waals surface area contributed by atoms with E-state index in [1.54, 1.807) is 18.2 Å². The maximum atomic E-state index is 12.0. The van der Waals surface area contributed by atoms with Gasteiger partial charge in [0.05, 0.1) is 9.83 Å². The highest BCUT2D eigenvalue weighted by Crippen LogP contribution is 2.31. The van der Waals surface area contributed by atoms with Crippen molar-refractivity contribution in [3.63, 3.8) is 0 Å². The first kappa shape index (κ1) is 14.2. The lowest BCUT2D eigenvalue weighted by atomic mass is 10.2. The molecule has 0 fully saturated rings. The van der Waals surface area contributed by atoms with Gasteiger partial charge in [-0.1, -0.05) is 42.1 Å². The van der Waals surface area contributed by atoms with Crippen molar-refractivity contribution in [3.8, 4) is 0 Å². The second-order valence-corrected chi connectivity index (χ2v) is 5.58. The number of hydrogen-bond donors (Lipinski definition) is 0. The van der Waals surface area contributed by atoms with Crippen molar-refractivity contribution >= 4 is 34.5 Å². The molecule has 0 unspecified atom stereocenters. The van der Waals surface area contributed by atoms with Crippen LogP contribution in [0.5, 0.6) is 0 Å². The highest BCUT2D eigenvalue weighted by molar-refractivity contribution is 8.19. The molecule has 22 heavy (non-hydrogen) atoms. The van der Waals surface area contributed by atoms with E-state index in [1.165, 1.54) is 23.9 Å². The van der Waals surface area contributed by atoms with Crippen molar-refractivity contribution < 1.29 is 9.72 Å². The number of carbonyl (C=O) groups excluding carboxylic acids is 1. The summed E-state index contributed by atoms with van der Waals surface area (Å²) in [7, 11) is 0. The van der Waals surface area contributed by atoms with Crippen LogP contribution < -0.4 is 0 Å². The molecule has 108 valence electrons. The maximum absolute atomic E-state index is 12.0. The normalized spacial score (nSPS) is 15.9. The molecule has 1 aliphatic heterocycles. The lowest BCUT2D eigenvalue weighted by molar-refractivity contribution is -0.384. The van der Waals surface area contributed by atoms with Gasteiger partial charge >= 0.3 is 0 Å². The summed E-state index contributed by atoms with van der Waals surface area (Å²) in [5, 5.41) is 11.3. The van der Waals surface area contributed by atoms with Gasteiger partial charge in [0.2, 0.25) is 0 Å². The van der Waals surface area contributed by atoms with Crippen LogP contribution in [0.4, 0.5) is 5.69 Å². The van der Waals surface area contributed by atoms with E-state index in [2.05, 4.69) is 4.99 Å². The molecule has 0 atom stereocenters. The van der Waals surface area contributed by atoms with Crippen molar-refractivity contribution in [2.24, 2.45) is 4.99 Å². The average Bonchev–Trinajstić information content (AvgIpc) is 2.90. The minimum atomic E-state index is -0.455. The molecule has 0 aliphatic carbocycles. The first-order valence-corrected chi connectivity index (χ1v) is 7.27. The van der Waals surface area contributed by atoms with Crippen LogP contribution in [0.25, 0.3) is 6.08 Å². The number of amides is 1. The van der Waals surface area contributed by atoms with Gasteiger partial charge in [0.15, 0.2) is 0 Å². The zero-order valence-corrected chi connectivity index (χ0v) is 12.1. The monoisotopic (exact) mass is 310 g/mol. The summed E-state index contributed by atoms with van der Waals surface area (Å²) in [5.74, 6) is -0.290. The average molecular weight is 310 g/mol. The lowest BCUT2D eigenvalue weighted by Gasteiger charge is -1.98. The Morgan fingerprint density at radius 3 is 2.36 bits per heavy atom. The number of nitro groups is 1. The summed E-state index contributed by atoms with van der Waals surface area (Å²) in [5.41, 5.74) is 1.65. The summed E-state index contributed by atoms with van der Waals surface area (Å²) in [6, 6.07) is 15.5. The molecule has 6 heteroatoms. The van der Waals surface area contributed by atoms with E-state index >= 15 is 0 Å². The molecule has 0 aromatic heterocycles. The molecule has 0 radical (unpaired) electrons. The van der Waals surface area contributed by atoms with Gasteiger partial charge in [0, 0.05) is 17.7 Å². The van der Waals surface area contributed by atoms with Crippen molar-refractivity contribution in [1.29, 1.82) is 0 Å². The minimum Gasteiger partial charge on any atom is -0.266 e. The lowest BCUT2D eigenvalue weighted by Crippen LogP contribution is -1.89. The van der Waals surface area contributed by atoms with Gasteiger partial charge < -0.3 is 0 Å². The van der Waals surface area contributed by atoms with Crippen LogP contribution in [0.15, 0.2) is 64.5 Å². The summed E-state index contributed by atoms with van der Waals surface area (Å²) in [4.78, 5) is 26.7. The topological polar surface area (TPSA) is 72.6 Å². The number of nitrogens with zero attached hydrogens (tertiary/aromatic N) is 2. The highest BCUT2D eigenvalue weighted by atomic mass is 32.2. The van der Waals surface area contributed by atoms with Gasteiger partial charge in [-0.05, 0) is 23.8 Å². The van der Waals surface area contributed by atoms with Crippen LogP contribution in [0.3, 0.4) is 0 Å². The number of non-ortho nitro benzene ring substituents is 1. The van der Waals surface area contributed by atoms with E-state index in [9.17, 15) is 14.9 Å². The minimum absolute atomic E-state index is 0.0220. The van der Waals surface area contributed by atoms with Gasteiger partial charge in [-0.2, -0.15) is 0 Å². The van der Waals surface area contributed by atoms with E-state index in [1.807, 2.05) is 30.3 Å². The first-order valence-electron chi connectivity index (χ1n) is 6.46. The van der Waals surface area contributed by atoms with Crippen molar-refractivity contribution in [2.45, 2.75) is 0 Å². The number of nitro benzene ring substituents is 1. The summed E-state index contributed by atoms with van der Waals surface area (Å²) < 4.78 is 0. The number of hydrogen-bond acceptors (Lipinski definition) is 4. The van der Waals surface area contributed by atoms with Crippen LogP contribution in [0.1, 0.15) is 11.1 Å². The highest BCUT2D eigenvalue weighted by Gasteiger charge is 2.22. The fourth-order valence-electron chi connectivity index (χ4n) is 1.96. The predicted octanol–water partition coefficient (Wildman–Crippen LogP) is 3.66. The number of rotatable bonds is 3. The Kier molecular flexibility index (Phi) is 3.84. The molecule has 1 heterocycles. The molecule has 1 aliphatic rings. The molecule has 3 rings (SSSR count). The quantitative estimate of drug-likeness (QED) is 0.493. The molecule has 0 saturated heterocycles. The molecule has 0 saturated carbocycles. The number of carbonyl (C=O) groups is 1. The van der Waals surface area contributed by atoms with Crippen LogP contribution in [-0.2, 0) is 4.79 Å². The fourth-order valence-corrected chi connectivity index (χ4v) is 2.88. The Balaban J connectivity index is 1.82. The number of thioether (sulfide) groups is 1. The molecule has 2 aromatic carbocycles. The Morgan fingerprint density at radius 2 is 1.73 bits per heavy atom. The maximum Gasteiger partial charge on any atom is 0.284 e. The third kappa shape index (κ3) is 2.96. The van der Waals surface area contributed by atoms with Crippen LogP contribution >= 0.6 is 11.8 Å². The summed E-state index contributed by atoms with van der Waals surface area (Å²) in [6.45, 7) is 0. The summed E-state index contributed by atoms with van der Waals surface area (Å²) in [6.07, 6.45) is 1.69. The molecule has 0 bridgehead atoms. The molecule has 2 aromatic rings.